The third-order valence-electron chi connectivity index (χ3n) is 2.57. The molecule has 0 saturated carbocycles. The van der Waals surface area contributed by atoms with E-state index in [4.69, 9.17) is 16.3 Å². The van der Waals surface area contributed by atoms with Gasteiger partial charge in [0.15, 0.2) is 5.82 Å². The van der Waals surface area contributed by atoms with Gasteiger partial charge in [0.2, 0.25) is 0 Å². The summed E-state index contributed by atoms with van der Waals surface area (Å²) in [7, 11) is 1.64. The summed E-state index contributed by atoms with van der Waals surface area (Å²) in [6.07, 6.45) is 0. The number of benzene rings is 1. The molecule has 0 aliphatic heterocycles. The van der Waals surface area contributed by atoms with Crippen molar-refractivity contribution in [1.82, 2.24) is 9.97 Å². The molecular formula is C13H12ClIN2O. The van der Waals surface area contributed by atoms with E-state index in [2.05, 4.69) is 32.6 Å². The minimum Gasteiger partial charge on any atom is -0.496 e. The lowest BCUT2D eigenvalue weighted by atomic mass is 10.1. The van der Waals surface area contributed by atoms with Crippen LogP contribution in [0, 0.1) is 17.4 Å². The second-order valence-corrected chi connectivity index (χ2v) is 5.38. The van der Waals surface area contributed by atoms with E-state index >= 15 is 0 Å². The van der Waals surface area contributed by atoms with Gasteiger partial charge < -0.3 is 4.74 Å². The Kier molecular flexibility index (Phi) is 4.07. The topological polar surface area (TPSA) is 35.0 Å². The van der Waals surface area contributed by atoms with E-state index in [1.165, 1.54) is 0 Å². The SMILES string of the molecule is COc1cc(C)ccc1-c1nc(C)c(I)c(Cl)n1. The quantitative estimate of drug-likeness (QED) is 0.588. The first-order chi connectivity index (χ1) is 8.52. The lowest BCUT2D eigenvalue weighted by Crippen LogP contribution is -1.98. The van der Waals surface area contributed by atoms with E-state index < -0.39 is 0 Å². The minimum absolute atomic E-state index is 0.473. The van der Waals surface area contributed by atoms with Crippen molar-refractivity contribution in [2.45, 2.75) is 13.8 Å². The van der Waals surface area contributed by atoms with Gasteiger partial charge in [0.25, 0.3) is 0 Å². The summed E-state index contributed by atoms with van der Waals surface area (Å²) in [5.74, 6) is 1.35. The van der Waals surface area contributed by atoms with E-state index in [-0.39, 0.29) is 0 Å². The van der Waals surface area contributed by atoms with Gasteiger partial charge in [0.1, 0.15) is 10.9 Å². The number of ether oxygens (including phenoxy) is 1. The number of nitrogens with zero attached hydrogens (tertiary/aromatic N) is 2. The van der Waals surface area contributed by atoms with Crippen molar-refractivity contribution in [3.05, 3.63) is 38.2 Å². The molecular weight excluding hydrogens is 363 g/mol. The summed E-state index contributed by atoms with van der Waals surface area (Å²) in [6.45, 7) is 3.93. The van der Waals surface area contributed by atoms with E-state index in [1.807, 2.05) is 32.0 Å². The first-order valence-electron chi connectivity index (χ1n) is 5.37. The van der Waals surface area contributed by atoms with Gasteiger partial charge in [-0.1, -0.05) is 17.7 Å². The molecule has 0 fully saturated rings. The number of hydrogen-bond acceptors (Lipinski definition) is 3. The number of aromatic nitrogens is 2. The van der Waals surface area contributed by atoms with Gasteiger partial charge in [-0.15, -0.1) is 0 Å². The zero-order valence-electron chi connectivity index (χ0n) is 10.3. The fourth-order valence-corrected chi connectivity index (χ4v) is 2.09. The first-order valence-corrected chi connectivity index (χ1v) is 6.83. The van der Waals surface area contributed by atoms with Crippen LogP contribution in [0.5, 0.6) is 5.75 Å². The van der Waals surface area contributed by atoms with Crippen LogP contribution in [0.3, 0.4) is 0 Å². The molecule has 0 aliphatic rings. The van der Waals surface area contributed by atoms with Gasteiger partial charge in [-0.25, -0.2) is 9.97 Å². The molecule has 2 aromatic rings. The molecule has 0 radical (unpaired) electrons. The van der Waals surface area contributed by atoms with Crippen molar-refractivity contribution in [2.24, 2.45) is 0 Å². The monoisotopic (exact) mass is 374 g/mol. The molecule has 18 heavy (non-hydrogen) atoms. The molecule has 0 amide bonds. The Bertz CT molecular complexity index is 579. The van der Waals surface area contributed by atoms with Crippen molar-refractivity contribution in [2.75, 3.05) is 7.11 Å². The maximum atomic E-state index is 6.10. The Morgan fingerprint density at radius 3 is 2.56 bits per heavy atom. The van der Waals surface area contributed by atoms with Crippen LogP contribution in [-0.4, -0.2) is 17.1 Å². The fourth-order valence-electron chi connectivity index (χ4n) is 1.63. The summed E-state index contributed by atoms with van der Waals surface area (Å²) in [6, 6.07) is 5.91. The largest absolute Gasteiger partial charge is 0.496 e. The molecule has 0 N–H and O–H groups in total. The summed E-state index contributed by atoms with van der Waals surface area (Å²) in [5.41, 5.74) is 2.85. The van der Waals surface area contributed by atoms with Crippen LogP contribution in [0.1, 0.15) is 11.3 Å². The normalized spacial score (nSPS) is 10.5. The Labute approximate surface area is 125 Å². The number of aryl methyl sites for hydroxylation is 2. The maximum Gasteiger partial charge on any atom is 0.164 e. The number of halogens is 2. The highest BCUT2D eigenvalue weighted by molar-refractivity contribution is 14.1. The van der Waals surface area contributed by atoms with Crippen molar-refractivity contribution in [3.8, 4) is 17.1 Å². The Hall–Kier alpha value is -0.880. The second-order valence-electron chi connectivity index (χ2n) is 3.94. The van der Waals surface area contributed by atoms with Gasteiger partial charge in [-0.05, 0) is 54.1 Å². The highest BCUT2D eigenvalue weighted by Crippen LogP contribution is 2.30. The van der Waals surface area contributed by atoms with Gasteiger partial charge in [-0.3, -0.25) is 0 Å². The Morgan fingerprint density at radius 2 is 1.94 bits per heavy atom. The predicted octanol–water partition coefficient (Wildman–Crippen LogP) is 4.03. The third-order valence-corrected chi connectivity index (χ3v) is 4.46. The van der Waals surface area contributed by atoms with Crippen molar-refractivity contribution in [3.63, 3.8) is 0 Å². The van der Waals surface area contributed by atoms with Crippen LogP contribution in [0.4, 0.5) is 0 Å². The standard InChI is InChI=1S/C13H12ClIN2O/c1-7-4-5-9(10(6-7)18-3)13-16-8(2)11(15)12(14)17-13/h4-6H,1-3H3. The van der Waals surface area contributed by atoms with Crippen LogP contribution in [0.15, 0.2) is 18.2 Å². The molecule has 2 rings (SSSR count). The van der Waals surface area contributed by atoms with Crippen molar-refractivity contribution in [1.29, 1.82) is 0 Å². The average Bonchev–Trinajstić information content (AvgIpc) is 2.35. The lowest BCUT2D eigenvalue weighted by Gasteiger charge is -2.10. The molecule has 1 aromatic heterocycles. The van der Waals surface area contributed by atoms with E-state index in [0.29, 0.717) is 11.0 Å². The predicted molar refractivity (Wildman–Crippen MR) is 81.2 cm³/mol. The zero-order valence-corrected chi connectivity index (χ0v) is 13.2. The molecule has 1 heterocycles. The molecule has 0 spiro atoms. The van der Waals surface area contributed by atoms with Crippen molar-refractivity contribution < 1.29 is 4.74 Å². The fraction of sp³-hybridized carbons (Fsp3) is 0.231. The number of hydrogen-bond donors (Lipinski definition) is 0. The highest BCUT2D eigenvalue weighted by Gasteiger charge is 2.13. The molecule has 0 saturated heterocycles. The van der Waals surface area contributed by atoms with Crippen LogP contribution in [-0.2, 0) is 0 Å². The highest BCUT2D eigenvalue weighted by atomic mass is 127. The molecule has 3 nitrogen and oxygen atoms in total. The lowest BCUT2D eigenvalue weighted by molar-refractivity contribution is 0.416. The van der Waals surface area contributed by atoms with Crippen LogP contribution in [0.2, 0.25) is 5.15 Å². The summed E-state index contributed by atoms with van der Waals surface area (Å²) in [5, 5.41) is 0.473. The zero-order chi connectivity index (χ0) is 13.3. The Morgan fingerprint density at radius 1 is 1.22 bits per heavy atom. The van der Waals surface area contributed by atoms with E-state index in [9.17, 15) is 0 Å². The first kappa shape index (κ1) is 13.5. The van der Waals surface area contributed by atoms with Crippen LogP contribution >= 0.6 is 34.2 Å². The minimum atomic E-state index is 0.473. The molecule has 94 valence electrons. The second kappa shape index (κ2) is 5.40. The Balaban J connectivity index is 2.62. The van der Waals surface area contributed by atoms with Gasteiger partial charge in [0, 0.05) is 0 Å². The van der Waals surface area contributed by atoms with Gasteiger partial charge in [-0.2, -0.15) is 0 Å². The molecule has 0 unspecified atom stereocenters. The van der Waals surface area contributed by atoms with E-state index in [0.717, 1.165) is 26.1 Å². The molecule has 5 heteroatoms. The molecule has 0 bridgehead atoms. The molecule has 1 aromatic carbocycles. The molecule has 0 aliphatic carbocycles. The maximum absolute atomic E-state index is 6.10. The molecule has 0 atom stereocenters. The van der Waals surface area contributed by atoms with Gasteiger partial charge >= 0.3 is 0 Å². The van der Waals surface area contributed by atoms with Gasteiger partial charge in [0.05, 0.1) is 21.9 Å². The smallest absolute Gasteiger partial charge is 0.164 e. The summed E-state index contributed by atoms with van der Waals surface area (Å²) in [4.78, 5) is 8.77. The third kappa shape index (κ3) is 2.59. The van der Waals surface area contributed by atoms with Crippen LogP contribution < -0.4 is 4.74 Å². The van der Waals surface area contributed by atoms with Crippen LogP contribution in [0.25, 0.3) is 11.4 Å². The number of methoxy groups -OCH3 is 1. The number of rotatable bonds is 2. The summed E-state index contributed by atoms with van der Waals surface area (Å²) >= 11 is 8.24. The van der Waals surface area contributed by atoms with E-state index in [1.54, 1.807) is 7.11 Å². The summed E-state index contributed by atoms with van der Waals surface area (Å²) < 4.78 is 6.24. The average molecular weight is 375 g/mol. The van der Waals surface area contributed by atoms with Crippen molar-refractivity contribution >= 4 is 34.2 Å².